The summed E-state index contributed by atoms with van der Waals surface area (Å²) in [5.74, 6) is 2.59. The molecule has 210 valence electrons. The molecule has 1 amide bonds. The van der Waals surface area contributed by atoms with Crippen molar-refractivity contribution in [2.45, 2.75) is 52.1 Å². The Bertz CT molecular complexity index is 1280. The summed E-state index contributed by atoms with van der Waals surface area (Å²) in [7, 11) is 0. The number of carbonyl (C=O) groups is 1. The molecule has 1 aromatic heterocycles. The van der Waals surface area contributed by atoms with E-state index in [9.17, 15) is 4.79 Å². The van der Waals surface area contributed by atoms with Crippen molar-refractivity contribution in [2.75, 3.05) is 31.9 Å². The number of hydrogen-bond donors (Lipinski definition) is 2. The summed E-state index contributed by atoms with van der Waals surface area (Å²) in [5, 5.41) is 3.17. The fourth-order valence-corrected chi connectivity index (χ4v) is 5.84. The second-order valence-corrected chi connectivity index (χ2v) is 11.2. The minimum Gasteiger partial charge on any atom is -0.489 e. The number of hydrogen-bond acceptors (Lipinski definition) is 6. The van der Waals surface area contributed by atoms with Crippen molar-refractivity contribution in [3.05, 3.63) is 89.4 Å². The van der Waals surface area contributed by atoms with Crippen molar-refractivity contribution in [3.8, 4) is 5.75 Å². The maximum Gasteiger partial charge on any atom is 0.234 e. The van der Waals surface area contributed by atoms with E-state index in [0.29, 0.717) is 30.8 Å². The summed E-state index contributed by atoms with van der Waals surface area (Å²) in [6.07, 6.45) is 10.7. The molecule has 1 aliphatic carbocycles. The molecule has 0 unspecified atom stereocenters. The van der Waals surface area contributed by atoms with Gasteiger partial charge in [0.1, 0.15) is 24.5 Å². The molecule has 0 radical (unpaired) electrons. The van der Waals surface area contributed by atoms with E-state index in [-0.39, 0.29) is 5.91 Å². The van der Waals surface area contributed by atoms with Crippen molar-refractivity contribution in [2.24, 2.45) is 11.8 Å². The van der Waals surface area contributed by atoms with E-state index in [1.807, 2.05) is 37.3 Å². The molecule has 1 aliphatic heterocycles. The number of aryl methyl sites for hydroxylation is 1. The molecule has 5 rings (SSSR count). The van der Waals surface area contributed by atoms with E-state index in [4.69, 9.17) is 10.5 Å². The summed E-state index contributed by atoms with van der Waals surface area (Å²) in [5.41, 5.74) is 11.3. The number of likely N-dealkylation sites (tertiary alicyclic amines) is 1. The molecular formula is C33H41N5O2. The van der Waals surface area contributed by atoms with Crippen molar-refractivity contribution < 1.29 is 9.53 Å². The number of nitrogens with one attached hydrogen (secondary N) is 1. The van der Waals surface area contributed by atoms with Crippen LogP contribution >= 0.6 is 0 Å². The number of aromatic nitrogens is 2. The average molecular weight is 540 g/mol. The van der Waals surface area contributed by atoms with Gasteiger partial charge in [-0.2, -0.15) is 0 Å². The van der Waals surface area contributed by atoms with Gasteiger partial charge in [0.15, 0.2) is 0 Å². The second kappa shape index (κ2) is 13.6. The predicted molar refractivity (Wildman–Crippen MR) is 160 cm³/mol. The monoisotopic (exact) mass is 539 g/mol. The standard InChI is InChI=1S/C33H41N5O2/c1-24-32(33(34)37-23-36-24)30(28-11-8-12-29(19-28)40-22-25-9-4-2-5-10-25)14-13-26-17-27(18-26)20-35-31(39)21-38-15-6-3-7-16-38/h2,4-5,8-12,14,19,23,26-27H,3,6-7,13,15-18,20-22H2,1H3,(H,35,39)(H2,34,36,37)/b30-14-. The smallest absolute Gasteiger partial charge is 0.234 e. The Morgan fingerprint density at radius 2 is 1.85 bits per heavy atom. The normalized spacial score (nSPS) is 19.6. The fraction of sp³-hybridized carbons (Fsp3) is 0.424. The number of nitrogen functional groups attached to an aromatic ring is 1. The fourth-order valence-electron chi connectivity index (χ4n) is 5.84. The minimum absolute atomic E-state index is 0.164. The van der Waals surface area contributed by atoms with Crippen LogP contribution in [0.4, 0.5) is 5.82 Å². The first-order valence-corrected chi connectivity index (χ1v) is 14.6. The lowest BCUT2D eigenvalue weighted by Gasteiger charge is -2.35. The van der Waals surface area contributed by atoms with Crippen LogP contribution in [0.5, 0.6) is 5.75 Å². The predicted octanol–water partition coefficient (Wildman–Crippen LogP) is 5.40. The SMILES string of the molecule is Cc1ncnc(N)c1/C(=C\CC1CC(CNC(=O)CN2CCCCC2)C1)c1cccc(OCc2ccccc2)c1. The van der Waals surface area contributed by atoms with Crippen molar-refractivity contribution in [1.29, 1.82) is 0 Å². The van der Waals surface area contributed by atoms with E-state index in [1.165, 1.54) is 25.6 Å². The van der Waals surface area contributed by atoms with E-state index in [1.54, 1.807) is 0 Å². The Kier molecular flexibility index (Phi) is 9.45. The van der Waals surface area contributed by atoms with Crippen LogP contribution in [0.1, 0.15) is 60.9 Å². The van der Waals surface area contributed by atoms with Gasteiger partial charge in [0.2, 0.25) is 5.91 Å². The number of rotatable bonds is 11. The molecule has 7 nitrogen and oxygen atoms in total. The molecule has 0 bridgehead atoms. The molecule has 40 heavy (non-hydrogen) atoms. The average Bonchev–Trinajstić information content (AvgIpc) is 2.95. The first-order valence-electron chi connectivity index (χ1n) is 14.6. The Balaban J connectivity index is 1.21. The van der Waals surface area contributed by atoms with E-state index in [2.05, 4.69) is 50.5 Å². The quantitative estimate of drug-likeness (QED) is 0.339. The zero-order valence-electron chi connectivity index (χ0n) is 23.5. The third kappa shape index (κ3) is 7.48. The number of nitrogens with zero attached hydrogens (tertiary/aromatic N) is 3. The number of piperidine rings is 1. The summed E-state index contributed by atoms with van der Waals surface area (Å²) in [6.45, 7) is 5.90. The van der Waals surface area contributed by atoms with Gasteiger partial charge in [0, 0.05) is 12.1 Å². The molecule has 3 aromatic rings. The van der Waals surface area contributed by atoms with Crippen LogP contribution in [-0.2, 0) is 11.4 Å². The first-order chi connectivity index (χ1) is 19.5. The molecule has 2 heterocycles. The molecule has 1 saturated carbocycles. The third-order valence-electron chi connectivity index (χ3n) is 8.12. The molecule has 7 heteroatoms. The van der Waals surface area contributed by atoms with E-state index >= 15 is 0 Å². The highest BCUT2D eigenvalue weighted by molar-refractivity contribution is 5.85. The van der Waals surface area contributed by atoms with E-state index < -0.39 is 0 Å². The lowest BCUT2D eigenvalue weighted by atomic mass is 9.73. The molecule has 0 atom stereocenters. The maximum atomic E-state index is 12.4. The Morgan fingerprint density at radius 3 is 2.62 bits per heavy atom. The molecule has 3 N–H and O–H groups in total. The lowest BCUT2D eigenvalue weighted by molar-refractivity contribution is -0.122. The Hall–Kier alpha value is -3.71. The van der Waals surface area contributed by atoms with Gasteiger partial charge in [0.05, 0.1) is 12.2 Å². The Morgan fingerprint density at radius 1 is 1.05 bits per heavy atom. The number of benzene rings is 2. The third-order valence-corrected chi connectivity index (χ3v) is 8.12. The number of anilines is 1. The molecule has 1 saturated heterocycles. The summed E-state index contributed by atoms with van der Waals surface area (Å²) in [4.78, 5) is 23.4. The summed E-state index contributed by atoms with van der Waals surface area (Å²) < 4.78 is 6.12. The van der Waals surface area contributed by atoms with Crippen LogP contribution in [0, 0.1) is 18.8 Å². The topological polar surface area (TPSA) is 93.4 Å². The largest absolute Gasteiger partial charge is 0.489 e. The lowest BCUT2D eigenvalue weighted by Crippen LogP contribution is -2.42. The number of carbonyl (C=O) groups excluding carboxylic acids is 1. The number of ether oxygens (including phenoxy) is 1. The van der Waals surface area contributed by atoms with Gasteiger partial charge in [0.25, 0.3) is 0 Å². The number of amides is 1. The second-order valence-electron chi connectivity index (χ2n) is 11.2. The first kappa shape index (κ1) is 27.8. The van der Waals surface area contributed by atoms with Crippen molar-refractivity contribution in [3.63, 3.8) is 0 Å². The zero-order valence-corrected chi connectivity index (χ0v) is 23.5. The van der Waals surface area contributed by atoms with Gasteiger partial charge in [-0.3, -0.25) is 9.69 Å². The van der Waals surface area contributed by atoms with Gasteiger partial charge < -0.3 is 15.8 Å². The summed E-state index contributed by atoms with van der Waals surface area (Å²) >= 11 is 0. The highest BCUT2D eigenvalue weighted by Crippen LogP contribution is 2.38. The van der Waals surface area contributed by atoms with Crippen LogP contribution in [-0.4, -0.2) is 47.0 Å². The van der Waals surface area contributed by atoms with E-state index in [0.717, 1.165) is 72.6 Å². The van der Waals surface area contributed by atoms with Gasteiger partial charge in [-0.1, -0.05) is 55.0 Å². The van der Waals surface area contributed by atoms with Gasteiger partial charge in [-0.25, -0.2) is 9.97 Å². The van der Waals surface area contributed by atoms with Gasteiger partial charge >= 0.3 is 0 Å². The van der Waals surface area contributed by atoms with Crippen LogP contribution in [0.3, 0.4) is 0 Å². The van der Waals surface area contributed by atoms with Crippen molar-refractivity contribution in [1.82, 2.24) is 20.2 Å². The maximum absolute atomic E-state index is 12.4. The Labute approximate surface area is 237 Å². The molecule has 0 spiro atoms. The number of allylic oxidation sites excluding steroid dienone is 1. The number of nitrogens with two attached hydrogens (primary N) is 1. The van der Waals surface area contributed by atoms with Crippen LogP contribution < -0.4 is 15.8 Å². The molecule has 2 aromatic carbocycles. The van der Waals surface area contributed by atoms with Crippen LogP contribution in [0.2, 0.25) is 0 Å². The summed E-state index contributed by atoms with van der Waals surface area (Å²) in [6, 6.07) is 18.3. The zero-order chi connectivity index (χ0) is 27.7. The molecule has 2 fully saturated rings. The van der Waals surface area contributed by atoms with Gasteiger partial charge in [-0.15, -0.1) is 0 Å². The molecule has 2 aliphatic rings. The van der Waals surface area contributed by atoms with Gasteiger partial charge in [-0.05, 0) is 92.8 Å². The highest BCUT2D eigenvalue weighted by Gasteiger charge is 2.29. The van der Waals surface area contributed by atoms with Crippen LogP contribution in [0.25, 0.3) is 5.57 Å². The highest BCUT2D eigenvalue weighted by atomic mass is 16.5. The minimum atomic E-state index is 0.164. The van der Waals surface area contributed by atoms with Crippen molar-refractivity contribution >= 4 is 17.3 Å². The molecular weight excluding hydrogens is 498 g/mol. The van der Waals surface area contributed by atoms with Crippen LogP contribution in [0.15, 0.2) is 67.0 Å².